The molecule has 3 unspecified atom stereocenters. The van der Waals surface area contributed by atoms with Gasteiger partial charge in [0.25, 0.3) is 8.08 Å². The quantitative estimate of drug-likeness (QED) is 0.697. The van der Waals surface area contributed by atoms with Gasteiger partial charge in [0, 0.05) is 0 Å². The Bertz CT molecular complexity index is 586. The van der Waals surface area contributed by atoms with E-state index < -0.39 is 16.0 Å². The Hall–Kier alpha value is -0.920. The Balaban J connectivity index is 1.95. The summed E-state index contributed by atoms with van der Waals surface area (Å²) in [6, 6.07) is 9.64. The van der Waals surface area contributed by atoms with Gasteiger partial charge in [-0.3, -0.25) is 4.51 Å². The summed E-state index contributed by atoms with van der Waals surface area (Å²) in [5.41, 5.74) is 0. The molecule has 3 rings (SSSR count). The highest BCUT2D eigenvalue weighted by Gasteiger charge is 2.11. The number of hydrogen-bond donors (Lipinski definition) is 2. The topological polar surface area (TPSA) is 73.5 Å². The summed E-state index contributed by atoms with van der Waals surface area (Å²) in [4.78, 5) is 0. The molecule has 0 saturated heterocycles. The number of rotatable bonds is 2. The molecule has 3 aromatic rings. The van der Waals surface area contributed by atoms with Gasteiger partial charge in [0.1, 0.15) is 5.75 Å². The van der Waals surface area contributed by atoms with Gasteiger partial charge in [-0.25, -0.2) is 5.84 Å². The van der Waals surface area contributed by atoms with Crippen LogP contribution in [0.5, 0.6) is 5.75 Å². The highest BCUT2D eigenvalue weighted by atomic mass is 31.2. The van der Waals surface area contributed by atoms with Crippen LogP contribution in [0.1, 0.15) is 0 Å². The van der Waals surface area contributed by atoms with Crippen molar-refractivity contribution in [3.05, 3.63) is 30.3 Å². The number of fused-ring (bicyclic) bond motifs is 1. The minimum Gasteiger partial charge on any atom is -0.416 e. The van der Waals surface area contributed by atoms with Crippen molar-refractivity contribution in [3.8, 4) is 5.75 Å². The van der Waals surface area contributed by atoms with Gasteiger partial charge in [-0.05, 0) is 12.1 Å². The van der Waals surface area contributed by atoms with Crippen molar-refractivity contribution in [2.45, 2.75) is 0 Å². The molecule has 3 N–H and O–H groups in total. The third-order valence-corrected chi connectivity index (χ3v) is 6.85. The zero-order valence-corrected chi connectivity index (χ0v) is 10.4. The molecule has 2 aromatic heterocycles. The summed E-state index contributed by atoms with van der Waals surface area (Å²) in [6.07, 6.45) is 0. The zero-order chi connectivity index (χ0) is 10.3. The summed E-state index contributed by atoms with van der Waals surface area (Å²) >= 11 is 0. The predicted octanol–water partition coefficient (Wildman–Crippen LogP) is 2.64. The summed E-state index contributed by atoms with van der Waals surface area (Å²) in [5, 5.41) is 0. The maximum atomic E-state index is 5.85. The lowest BCUT2D eigenvalue weighted by Crippen LogP contribution is -2.04. The van der Waals surface area contributed by atoms with Crippen molar-refractivity contribution in [3.63, 3.8) is 0 Å². The first kappa shape index (κ1) is 9.32. The molecule has 1 aromatic carbocycles. The van der Waals surface area contributed by atoms with Crippen LogP contribution in [0, 0.1) is 0 Å². The lowest BCUT2D eigenvalue weighted by atomic mass is 10.3. The van der Waals surface area contributed by atoms with Crippen LogP contribution >= 0.6 is 24.5 Å². The van der Waals surface area contributed by atoms with Crippen molar-refractivity contribution in [2.24, 2.45) is 0 Å². The van der Waals surface area contributed by atoms with E-state index in [0.29, 0.717) is 8.51 Å². The summed E-state index contributed by atoms with van der Waals surface area (Å²) in [7, 11) is -1.26. The molecule has 0 aliphatic heterocycles. The van der Waals surface area contributed by atoms with Crippen LogP contribution in [0.3, 0.4) is 0 Å². The number of para-hydroxylation sites is 1. The number of benzene rings is 1. The van der Waals surface area contributed by atoms with Gasteiger partial charge in [0.2, 0.25) is 0 Å². The Kier molecular flexibility index (Phi) is 2.23. The molecule has 2 heterocycles. The van der Waals surface area contributed by atoms with Gasteiger partial charge < -0.3 is 8.83 Å². The number of H-pyrrole nitrogens is 1. The Morgan fingerprint density at radius 2 is 2.20 bits per heavy atom. The largest absolute Gasteiger partial charge is 0.416 e. The normalized spacial score (nSPS) is 13.9. The van der Waals surface area contributed by atoms with Gasteiger partial charge in [0.05, 0.1) is 8.51 Å². The van der Waals surface area contributed by atoms with Crippen molar-refractivity contribution in [1.82, 2.24) is 12.8 Å². The van der Waals surface area contributed by atoms with E-state index in [1.54, 1.807) is 4.20 Å². The van der Waals surface area contributed by atoms with E-state index in [0.717, 1.165) is 5.75 Å². The smallest absolute Gasteiger partial charge is 0.322 e. The fraction of sp³-hybridized carbons (Fsp3) is 0. The molecule has 0 saturated carbocycles. The number of nitrogen functional groups attached to an aromatic ring is 1. The van der Waals surface area contributed by atoms with Gasteiger partial charge in [0.15, 0.2) is 0 Å². The van der Waals surface area contributed by atoms with Crippen LogP contribution in [-0.4, -0.2) is 12.8 Å². The SMILES string of the molecule is Nn1p(Oc2ccccc2)[nH][pH]n2op12. The molecule has 0 bridgehead atoms. The Morgan fingerprint density at radius 3 is 3.00 bits per heavy atom. The fourth-order valence-corrected chi connectivity index (χ4v) is 6.24. The molecule has 80 valence electrons. The van der Waals surface area contributed by atoms with E-state index >= 15 is 0 Å². The van der Waals surface area contributed by atoms with Crippen LogP contribution in [0.4, 0.5) is 0 Å². The maximum absolute atomic E-state index is 5.85. The predicted molar refractivity (Wildman–Crippen MR) is 62.6 cm³/mol. The second-order valence-electron chi connectivity index (χ2n) is 2.83. The number of nitrogens with one attached hydrogen (secondary N) is 1. The number of aromatic amines is 1. The van der Waals surface area contributed by atoms with Gasteiger partial charge in [-0.15, -0.1) is 0 Å². The Morgan fingerprint density at radius 1 is 1.40 bits per heavy atom. The first-order chi connectivity index (χ1) is 7.34. The van der Waals surface area contributed by atoms with Crippen LogP contribution in [-0.2, 0) is 0 Å². The zero-order valence-electron chi connectivity index (χ0n) is 7.57. The molecule has 0 fully saturated rings. The first-order valence-corrected chi connectivity index (χ1v) is 7.54. The molecule has 0 aliphatic rings. The molecule has 0 aliphatic carbocycles. The summed E-state index contributed by atoms with van der Waals surface area (Å²) in [6.45, 7) is 0. The third-order valence-electron chi connectivity index (χ3n) is 1.82. The van der Waals surface area contributed by atoms with E-state index in [4.69, 9.17) is 14.7 Å². The van der Waals surface area contributed by atoms with Crippen LogP contribution < -0.4 is 10.4 Å². The molecule has 0 spiro atoms. The highest BCUT2D eigenvalue weighted by molar-refractivity contribution is 7.55. The average Bonchev–Trinajstić information content (AvgIpc) is 3.04. The van der Waals surface area contributed by atoms with E-state index in [9.17, 15) is 0 Å². The van der Waals surface area contributed by atoms with E-state index in [2.05, 4.69) is 4.51 Å². The monoisotopic (exact) mass is 262 g/mol. The lowest BCUT2D eigenvalue weighted by Gasteiger charge is -2.06. The lowest BCUT2D eigenvalue weighted by molar-refractivity contribution is 0.605. The minimum atomic E-state index is -0.971. The fourth-order valence-electron chi connectivity index (χ4n) is 1.09. The van der Waals surface area contributed by atoms with Crippen molar-refractivity contribution >= 4 is 24.5 Å². The van der Waals surface area contributed by atoms with Crippen molar-refractivity contribution < 1.29 is 8.83 Å². The number of nitrogens with two attached hydrogens (primary N) is 1. The molecule has 9 heteroatoms. The molecule has 0 radical (unpaired) electrons. The van der Waals surface area contributed by atoms with Crippen LogP contribution in [0.2, 0.25) is 0 Å². The van der Waals surface area contributed by atoms with Crippen LogP contribution in [0.15, 0.2) is 34.6 Å². The Labute approximate surface area is 88.6 Å². The van der Waals surface area contributed by atoms with E-state index in [1.165, 1.54) is 0 Å². The molecular weight excluding hydrogens is 253 g/mol. The van der Waals surface area contributed by atoms with E-state index in [-0.39, 0.29) is 0 Å². The first-order valence-electron chi connectivity index (χ1n) is 4.22. The van der Waals surface area contributed by atoms with Crippen LogP contribution in [0.25, 0.3) is 0 Å². The van der Waals surface area contributed by atoms with Crippen molar-refractivity contribution in [1.29, 1.82) is 0 Å². The molecule has 6 nitrogen and oxygen atoms in total. The maximum Gasteiger partial charge on any atom is 0.322 e. The van der Waals surface area contributed by atoms with Gasteiger partial charge in [-0.1, -0.05) is 22.3 Å². The molecule has 15 heavy (non-hydrogen) atoms. The van der Waals surface area contributed by atoms with Gasteiger partial charge in [-0.2, -0.15) is 4.20 Å². The summed E-state index contributed by atoms with van der Waals surface area (Å²) < 4.78 is 17.6. The third kappa shape index (κ3) is 1.77. The molecular formula is C6H9N4O2P3. The standard InChI is InChI=1S/C6H9N4O2P3/c7-9-14(8-13-10-12-15(9)10)11-6-4-2-1-3-5-6/h1-5,8,13H,7H2. The average molecular weight is 262 g/mol. The number of hydrogen-bond acceptors (Lipinski definition) is 3. The molecule has 3 atom stereocenters. The highest BCUT2D eigenvalue weighted by Crippen LogP contribution is 2.40. The second-order valence-corrected chi connectivity index (χ2v) is 7.67. The van der Waals surface area contributed by atoms with Crippen molar-refractivity contribution in [2.75, 3.05) is 5.84 Å². The minimum absolute atomic E-state index is 0.440. The second kappa shape index (κ2) is 3.58. The number of nitrogens with zero attached hydrogens (tertiary/aromatic N) is 2. The summed E-state index contributed by atoms with van der Waals surface area (Å²) in [5.74, 6) is 6.67. The van der Waals surface area contributed by atoms with Gasteiger partial charge >= 0.3 is 7.90 Å². The molecule has 0 amide bonds. The van der Waals surface area contributed by atoms with E-state index in [1.807, 2.05) is 34.4 Å². The number of aromatic nitrogens is 3.